The van der Waals surface area contributed by atoms with Crippen LogP contribution >= 0.6 is 69.6 Å². The van der Waals surface area contributed by atoms with Gasteiger partial charge in [0.2, 0.25) is 0 Å². The lowest BCUT2D eigenvalue weighted by molar-refractivity contribution is 0.683. The van der Waals surface area contributed by atoms with Gasteiger partial charge in [0.1, 0.15) is 0 Å². The summed E-state index contributed by atoms with van der Waals surface area (Å²) in [5.41, 5.74) is 0. The highest BCUT2D eigenvalue weighted by molar-refractivity contribution is 7.85. The molecule has 0 aliphatic rings. The van der Waals surface area contributed by atoms with Crippen molar-refractivity contribution in [3.63, 3.8) is 0 Å². The summed E-state index contributed by atoms with van der Waals surface area (Å²) in [6, 6.07) is 6.06. The second kappa shape index (κ2) is 6.62. The standard InChI is InChI=1S/C12H4Cl6OS/c13-5-1-3-7(11(17)9(5)15)20(19)8-4-2-6(14)10(16)12(8)18/h1-4H. The van der Waals surface area contributed by atoms with Crippen LogP contribution in [0.25, 0.3) is 0 Å². The summed E-state index contributed by atoms with van der Waals surface area (Å²) >= 11 is 35.6. The minimum absolute atomic E-state index is 0.111. The van der Waals surface area contributed by atoms with E-state index >= 15 is 0 Å². The molecule has 2 aromatic carbocycles. The molecule has 0 aliphatic carbocycles. The van der Waals surface area contributed by atoms with Crippen LogP contribution in [0.5, 0.6) is 0 Å². The number of halogens is 6. The summed E-state index contributed by atoms with van der Waals surface area (Å²) in [6.07, 6.45) is 0. The highest BCUT2D eigenvalue weighted by atomic mass is 35.5. The smallest absolute Gasteiger partial charge is 0.0881 e. The minimum atomic E-state index is -1.66. The predicted molar refractivity (Wildman–Crippen MR) is 87.6 cm³/mol. The lowest BCUT2D eigenvalue weighted by atomic mass is 10.3. The summed E-state index contributed by atoms with van der Waals surface area (Å²) in [6.45, 7) is 0. The van der Waals surface area contributed by atoms with Gasteiger partial charge in [-0.25, -0.2) is 4.21 Å². The Morgan fingerprint density at radius 1 is 0.600 bits per heavy atom. The molecule has 0 fully saturated rings. The Bertz CT molecular complexity index is 656. The maximum atomic E-state index is 12.6. The quantitative estimate of drug-likeness (QED) is 0.501. The first-order valence-electron chi connectivity index (χ1n) is 5.03. The average Bonchev–Trinajstić information content (AvgIpc) is 2.42. The summed E-state index contributed by atoms with van der Waals surface area (Å²) in [5, 5.41) is 1.04. The van der Waals surface area contributed by atoms with E-state index < -0.39 is 10.8 Å². The molecule has 8 heteroatoms. The van der Waals surface area contributed by atoms with Crippen molar-refractivity contribution in [1.29, 1.82) is 0 Å². The van der Waals surface area contributed by atoms with E-state index in [4.69, 9.17) is 69.6 Å². The van der Waals surface area contributed by atoms with Gasteiger partial charge in [0.25, 0.3) is 0 Å². The van der Waals surface area contributed by atoms with E-state index in [0.29, 0.717) is 9.79 Å². The fourth-order valence-corrected chi connectivity index (χ4v) is 4.17. The Morgan fingerprint density at radius 3 is 1.30 bits per heavy atom. The Morgan fingerprint density at radius 2 is 0.950 bits per heavy atom. The molecule has 0 spiro atoms. The fraction of sp³-hybridized carbons (Fsp3) is 0. The highest BCUT2D eigenvalue weighted by Crippen LogP contribution is 2.39. The molecule has 2 aromatic rings. The number of rotatable bonds is 2. The molecule has 20 heavy (non-hydrogen) atoms. The van der Waals surface area contributed by atoms with E-state index in [2.05, 4.69) is 0 Å². The lowest BCUT2D eigenvalue weighted by Gasteiger charge is -2.10. The van der Waals surface area contributed by atoms with Crippen molar-refractivity contribution < 1.29 is 4.21 Å². The van der Waals surface area contributed by atoms with Crippen LogP contribution in [-0.4, -0.2) is 4.21 Å². The van der Waals surface area contributed by atoms with Crippen molar-refractivity contribution >= 4 is 80.4 Å². The zero-order valence-corrected chi connectivity index (χ0v) is 14.7. The molecule has 0 saturated heterocycles. The van der Waals surface area contributed by atoms with Gasteiger partial charge in [-0.2, -0.15) is 0 Å². The second-order valence-corrected chi connectivity index (χ2v) is 7.36. The van der Waals surface area contributed by atoms with Crippen LogP contribution in [0.1, 0.15) is 0 Å². The van der Waals surface area contributed by atoms with Crippen LogP contribution in [0.3, 0.4) is 0 Å². The van der Waals surface area contributed by atoms with Crippen LogP contribution < -0.4 is 0 Å². The molecule has 0 aromatic heterocycles. The van der Waals surface area contributed by atoms with E-state index in [-0.39, 0.29) is 30.1 Å². The molecule has 1 nitrogen and oxygen atoms in total. The zero-order chi connectivity index (χ0) is 15.0. The molecule has 0 heterocycles. The third-order valence-corrected chi connectivity index (χ3v) is 6.69. The molecular formula is C12H4Cl6OS. The average molecular weight is 409 g/mol. The van der Waals surface area contributed by atoms with Crippen LogP contribution in [0, 0.1) is 0 Å². The monoisotopic (exact) mass is 406 g/mol. The van der Waals surface area contributed by atoms with E-state index in [9.17, 15) is 4.21 Å². The van der Waals surface area contributed by atoms with Gasteiger partial charge >= 0.3 is 0 Å². The van der Waals surface area contributed by atoms with Crippen molar-refractivity contribution in [2.24, 2.45) is 0 Å². The van der Waals surface area contributed by atoms with Gasteiger partial charge in [-0.15, -0.1) is 0 Å². The Hall–Kier alpha value is 0.330. The van der Waals surface area contributed by atoms with E-state index in [1.807, 2.05) is 0 Å². The van der Waals surface area contributed by atoms with Crippen molar-refractivity contribution in [2.45, 2.75) is 9.79 Å². The molecule has 0 bridgehead atoms. The molecule has 0 atom stereocenters. The summed E-state index contributed by atoms with van der Waals surface area (Å²) in [4.78, 5) is 0.586. The van der Waals surface area contributed by atoms with Crippen molar-refractivity contribution in [2.75, 3.05) is 0 Å². The third-order valence-electron chi connectivity index (χ3n) is 2.40. The van der Waals surface area contributed by atoms with Gasteiger partial charge in [0.05, 0.1) is 50.7 Å². The summed E-state index contributed by atoms with van der Waals surface area (Å²) < 4.78 is 12.6. The van der Waals surface area contributed by atoms with Crippen molar-refractivity contribution in [1.82, 2.24) is 0 Å². The second-order valence-electron chi connectivity index (χ2n) is 3.62. The largest absolute Gasteiger partial charge is 0.249 e. The fourth-order valence-electron chi connectivity index (χ4n) is 1.42. The van der Waals surface area contributed by atoms with Crippen molar-refractivity contribution in [3.05, 3.63) is 54.4 Å². The van der Waals surface area contributed by atoms with Crippen molar-refractivity contribution in [3.8, 4) is 0 Å². The normalized spacial score (nSPS) is 11.2. The Labute approximate surface area is 148 Å². The zero-order valence-electron chi connectivity index (χ0n) is 9.39. The van der Waals surface area contributed by atoms with Gasteiger partial charge in [-0.1, -0.05) is 69.6 Å². The first-order valence-corrected chi connectivity index (χ1v) is 8.45. The molecule has 0 aliphatic heterocycles. The molecule has 2 rings (SSSR count). The van der Waals surface area contributed by atoms with Gasteiger partial charge in [0, 0.05) is 0 Å². The summed E-state index contributed by atoms with van der Waals surface area (Å²) in [5.74, 6) is 0. The third kappa shape index (κ3) is 3.07. The number of hydrogen-bond acceptors (Lipinski definition) is 1. The van der Waals surface area contributed by atoms with Crippen LogP contribution in [0.4, 0.5) is 0 Å². The molecule has 0 radical (unpaired) electrons. The maximum absolute atomic E-state index is 12.6. The number of benzene rings is 2. The number of hydrogen-bond donors (Lipinski definition) is 0. The highest BCUT2D eigenvalue weighted by Gasteiger charge is 2.20. The van der Waals surface area contributed by atoms with E-state index in [0.717, 1.165) is 0 Å². The predicted octanol–water partition coefficient (Wildman–Crippen LogP) is 6.77. The molecule has 0 amide bonds. The molecule has 0 saturated carbocycles. The van der Waals surface area contributed by atoms with Gasteiger partial charge in [0.15, 0.2) is 0 Å². The lowest BCUT2D eigenvalue weighted by Crippen LogP contribution is -1.96. The van der Waals surface area contributed by atoms with E-state index in [1.165, 1.54) is 24.3 Å². The Balaban J connectivity index is 2.58. The molecule has 106 valence electrons. The summed E-state index contributed by atoms with van der Waals surface area (Å²) in [7, 11) is -1.66. The molecular weight excluding hydrogens is 405 g/mol. The SMILES string of the molecule is O=S(c1ccc(Cl)c(Cl)c1Cl)c1ccc(Cl)c(Cl)c1Cl. The first kappa shape index (κ1) is 16.7. The van der Waals surface area contributed by atoms with Crippen LogP contribution in [0.15, 0.2) is 34.1 Å². The molecule has 0 unspecified atom stereocenters. The maximum Gasteiger partial charge on any atom is 0.0881 e. The van der Waals surface area contributed by atoms with Gasteiger partial charge in [-0.3, -0.25) is 0 Å². The first-order chi connectivity index (χ1) is 9.34. The van der Waals surface area contributed by atoms with Gasteiger partial charge < -0.3 is 0 Å². The Kier molecular flexibility index (Phi) is 5.52. The van der Waals surface area contributed by atoms with E-state index in [1.54, 1.807) is 0 Å². The topological polar surface area (TPSA) is 17.1 Å². The minimum Gasteiger partial charge on any atom is -0.249 e. The van der Waals surface area contributed by atoms with Gasteiger partial charge in [-0.05, 0) is 24.3 Å². The van der Waals surface area contributed by atoms with Crippen LogP contribution in [-0.2, 0) is 10.8 Å². The van der Waals surface area contributed by atoms with Crippen LogP contribution in [0.2, 0.25) is 30.1 Å². The molecule has 0 N–H and O–H groups in total.